The lowest BCUT2D eigenvalue weighted by Crippen LogP contribution is -2.91. The highest BCUT2D eigenvalue weighted by molar-refractivity contribution is 9.10. The van der Waals surface area contributed by atoms with Crippen LogP contribution in [0.3, 0.4) is 0 Å². The second-order valence-corrected chi connectivity index (χ2v) is 9.68. The van der Waals surface area contributed by atoms with Gasteiger partial charge in [0, 0.05) is 11.0 Å². The van der Waals surface area contributed by atoms with E-state index in [-0.39, 0.29) is 0 Å². The molecular formula is C21H31BrNO2+. The highest BCUT2D eigenvalue weighted by Gasteiger charge is 2.54. The molecule has 1 aromatic rings. The van der Waals surface area contributed by atoms with Crippen molar-refractivity contribution in [3.8, 4) is 11.5 Å². The van der Waals surface area contributed by atoms with Crippen LogP contribution in [-0.2, 0) is 6.54 Å². The molecule has 0 radical (unpaired) electrons. The summed E-state index contributed by atoms with van der Waals surface area (Å²) in [7, 11) is 3.39. The number of hydrogen-bond acceptors (Lipinski definition) is 2. The molecular weight excluding hydrogens is 378 g/mol. The van der Waals surface area contributed by atoms with Crippen molar-refractivity contribution in [3.05, 3.63) is 22.2 Å². The van der Waals surface area contributed by atoms with Gasteiger partial charge in [0.25, 0.3) is 0 Å². The smallest absolute Gasteiger partial charge is 0.174 e. The van der Waals surface area contributed by atoms with E-state index in [1.54, 1.807) is 14.2 Å². The molecule has 0 amide bonds. The Morgan fingerprint density at radius 2 is 1.68 bits per heavy atom. The van der Waals surface area contributed by atoms with E-state index in [4.69, 9.17) is 9.47 Å². The van der Waals surface area contributed by atoms with E-state index >= 15 is 0 Å². The Hall–Kier alpha value is -0.740. The lowest BCUT2D eigenvalue weighted by atomic mass is 9.48. The molecule has 0 unspecified atom stereocenters. The number of quaternary nitrogens is 1. The minimum Gasteiger partial charge on any atom is -0.493 e. The van der Waals surface area contributed by atoms with Crippen LogP contribution in [0.5, 0.6) is 11.5 Å². The van der Waals surface area contributed by atoms with Crippen molar-refractivity contribution in [2.45, 2.75) is 58.0 Å². The molecule has 0 aromatic heterocycles. The van der Waals surface area contributed by atoms with Gasteiger partial charge in [0.1, 0.15) is 6.54 Å². The van der Waals surface area contributed by atoms with Gasteiger partial charge in [-0.25, -0.2) is 0 Å². The van der Waals surface area contributed by atoms with Gasteiger partial charge in [-0.1, -0.05) is 0 Å². The van der Waals surface area contributed by atoms with E-state index in [9.17, 15) is 0 Å². The van der Waals surface area contributed by atoms with Gasteiger partial charge in [0.05, 0.1) is 24.7 Å². The van der Waals surface area contributed by atoms with Gasteiger partial charge in [0.15, 0.2) is 11.5 Å². The first kappa shape index (κ1) is 17.7. The van der Waals surface area contributed by atoms with E-state index < -0.39 is 0 Å². The third-order valence-electron chi connectivity index (χ3n) is 7.25. The fourth-order valence-electron chi connectivity index (χ4n) is 6.39. The molecule has 0 saturated heterocycles. The van der Waals surface area contributed by atoms with Crippen molar-refractivity contribution in [3.63, 3.8) is 0 Å². The largest absolute Gasteiger partial charge is 0.493 e. The van der Waals surface area contributed by atoms with Crippen LogP contribution in [0.1, 0.15) is 51.0 Å². The average Bonchev–Trinajstić information content (AvgIpc) is 2.57. The third kappa shape index (κ3) is 3.21. The molecule has 4 fully saturated rings. The highest BCUT2D eigenvalue weighted by Crippen LogP contribution is 2.60. The maximum atomic E-state index is 5.50. The standard InChI is InChI=1S/C21H30BrNO2/c1-13(21-9-14-4-15(10-21)6-16(5-14)11-21)23-12-17-7-18(22)20(25-3)19(8-17)24-2/h7-8,13-16,23H,4-6,9-12H2,1-3H3/p+1/t13-,14?,15?,16?,21?/m0/s1. The molecule has 138 valence electrons. The Kier molecular flexibility index (Phi) is 4.78. The van der Waals surface area contributed by atoms with E-state index in [0.717, 1.165) is 40.3 Å². The SMILES string of the molecule is COc1cc(C[NH2+][C@@H](C)C23CC4CC(CC(C4)C2)C3)cc(Br)c1OC. The van der Waals surface area contributed by atoms with Gasteiger partial charge in [-0.15, -0.1) is 0 Å². The molecule has 3 nitrogen and oxygen atoms in total. The quantitative estimate of drug-likeness (QED) is 0.767. The number of ether oxygens (including phenoxy) is 2. The van der Waals surface area contributed by atoms with Crippen LogP contribution >= 0.6 is 15.9 Å². The Morgan fingerprint density at radius 1 is 1.08 bits per heavy atom. The van der Waals surface area contributed by atoms with Crippen LogP contribution in [0.4, 0.5) is 0 Å². The molecule has 2 N–H and O–H groups in total. The Labute approximate surface area is 160 Å². The molecule has 4 aliphatic carbocycles. The number of halogens is 1. The number of hydrogen-bond donors (Lipinski definition) is 1. The Balaban J connectivity index is 1.46. The summed E-state index contributed by atoms with van der Waals surface area (Å²) in [4.78, 5) is 0. The van der Waals surface area contributed by atoms with E-state index in [1.807, 2.05) is 0 Å². The van der Waals surface area contributed by atoms with Crippen molar-refractivity contribution < 1.29 is 14.8 Å². The van der Waals surface area contributed by atoms with E-state index in [2.05, 4.69) is 40.3 Å². The monoisotopic (exact) mass is 408 g/mol. The van der Waals surface area contributed by atoms with Crippen LogP contribution in [0.15, 0.2) is 16.6 Å². The number of nitrogens with two attached hydrogens (primary N) is 1. The first-order chi connectivity index (χ1) is 12.0. The van der Waals surface area contributed by atoms with Crippen LogP contribution in [0.25, 0.3) is 0 Å². The fraction of sp³-hybridized carbons (Fsp3) is 0.714. The molecule has 4 bridgehead atoms. The zero-order chi connectivity index (χ0) is 17.6. The first-order valence-electron chi connectivity index (χ1n) is 9.76. The van der Waals surface area contributed by atoms with Crippen LogP contribution < -0.4 is 14.8 Å². The summed E-state index contributed by atoms with van der Waals surface area (Å²) in [6.07, 6.45) is 9.00. The molecule has 1 aromatic carbocycles. The van der Waals surface area contributed by atoms with Crippen LogP contribution in [0, 0.1) is 23.2 Å². The minimum absolute atomic E-state index is 0.600. The van der Waals surface area contributed by atoms with E-state index in [1.165, 1.54) is 44.1 Å². The van der Waals surface area contributed by atoms with Gasteiger partial charge in [0.2, 0.25) is 0 Å². The second-order valence-electron chi connectivity index (χ2n) is 8.82. The summed E-state index contributed by atoms with van der Waals surface area (Å²) in [6, 6.07) is 4.99. The van der Waals surface area contributed by atoms with Gasteiger partial charge in [-0.2, -0.15) is 0 Å². The fourth-order valence-corrected chi connectivity index (χ4v) is 7.04. The van der Waals surface area contributed by atoms with Crippen molar-refractivity contribution >= 4 is 15.9 Å². The molecule has 0 spiro atoms. The van der Waals surface area contributed by atoms with Gasteiger partial charge in [-0.05, 0) is 91.3 Å². The molecule has 0 heterocycles. The Morgan fingerprint density at radius 3 is 2.20 bits per heavy atom. The Bertz CT molecular complexity index is 610. The van der Waals surface area contributed by atoms with Crippen LogP contribution in [0.2, 0.25) is 0 Å². The molecule has 0 aliphatic heterocycles. The molecule has 4 aliphatic rings. The average molecular weight is 409 g/mol. The summed E-state index contributed by atoms with van der Waals surface area (Å²) in [5, 5.41) is 2.57. The number of methoxy groups -OCH3 is 2. The topological polar surface area (TPSA) is 35.1 Å². The lowest BCUT2D eigenvalue weighted by molar-refractivity contribution is -0.717. The summed E-state index contributed by atoms with van der Waals surface area (Å²) >= 11 is 3.62. The maximum absolute atomic E-state index is 5.50. The number of benzene rings is 1. The molecule has 4 heteroatoms. The van der Waals surface area contributed by atoms with E-state index in [0.29, 0.717) is 11.5 Å². The second kappa shape index (κ2) is 6.77. The summed E-state index contributed by atoms with van der Waals surface area (Å²) in [5.74, 6) is 4.66. The van der Waals surface area contributed by atoms with Crippen molar-refractivity contribution in [2.75, 3.05) is 14.2 Å². The lowest BCUT2D eigenvalue weighted by Gasteiger charge is -2.57. The molecule has 5 rings (SSSR count). The molecule has 25 heavy (non-hydrogen) atoms. The highest BCUT2D eigenvalue weighted by atomic mass is 79.9. The molecule has 1 atom stereocenters. The van der Waals surface area contributed by atoms with Crippen molar-refractivity contribution in [1.82, 2.24) is 0 Å². The van der Waals surface area contributed by atoms with Crippen molar-refractivity contribution in [2.24, 2.45) is 23.2 Å². The minimum atomic E-state index is 0.600. The molecule has 4 saturated carbocycles. The summed E-state index contributed by atoms with van der Waals surface area (Å²) < 4.78 is 11.9. The predicted molar refractivity (Wildman–Crippen MR) is 103 cm³/mol. The zero-order valence-electron chi connectivity index (χ0n) is 15.7. The van der Waals surface area contributed by atoms with Gasteiger partial charge < -0.3 is 14.8 Å². The van der Waals surface area contributed by atoms with Crippen molar-refractivity contribution in [1.29, 1.82) is 0 Å². The van der Waals surface area contributed by atoms with Crippen LogP contribution in [-0.4, -0.2) is 20.3 Å². The third-order valence-corrected chi connectivity index (χ3v) is 7.84. The first-order valence-corrected chi connectivity index (χ1v) is 10.6. The zero-order valence-corrected chi connectivity index (χ0v) is 17.3. The van der Waals surface area contributed by atoms with Gasteiger partial charge >= 0.3 is 0 Å². The van der Waals surface area contributed by atoms with Gasteiger partial charge in [-0.3, -0.25) is 0 Å². The normalized spacial score (nSPS) is 34.2. The summed E-state index contributed by atoms with van der Waals surface area (Å²) in [5.41, 5.74) is 1.89. The number of rotatable bonds is 6. The summed E-state index contributed by atoms with van der Waals surface area (Å²) in [6.45, 7) is 3.48. The predicted octanol–water partition coefficient (Wildman–Crippen LogP) is 4.13. The maximum Gasteiger partial charge on any atom is 0.174 e.